The number of likely N-dealkylation sites (N-methyl/N-ethyl adjacent to an activating group) is 1. The van der Waals surface area contributed by atoms with Crippen LogP contribution in [0.3, 0.4) is 0 Å². The number of ether oxygens (including phenoxy) is 2. The molecule has 0 saturated carbocycles. The summed E-state index contributed by atoms with van der Waals surface area (Å²) in [6.07, 6.45) is 1.85. The third kappa shape index (κ3) is 4.56. The smallest absolute Gasteiger partial charge is 0.324 e. The standard InChI is InChI=1S/C12H21NO4/c1-8(7-9(2)13(3)4)10(11(14)16-5)12(15)17-6/h7,9-10H,1-6H3/b8-7+. The number of esters is 2. The lowest BCUT2D eigenvalue weighted by atomic mass is 9.98. The van der Waals surface area contributed by atoms with E-state index in [2.05, 4.69) is 9.47 Å². The van der Waals surface area contributed by atoms with Gasteiger partial charge >= 0.3 is 11.9 Å². The molecule has 0 N–H and O–H groups in total. The summed E-state index contributed by atoms with van der Waals surface area (Å²) < 4.78 is 9.21. The van der Waals surface area contributed by atoms with Crippen LogP contribution in [0.4, 0.5) is 0 Å². The maximum atomic E-state index is 11.5. The summed E-state index contributed by atoms with van der Waals surface area (Å²) in [6, 6.07) is 0.117. The SMILES string of the molecule is COC(=O)C(C(=O)OC)/C(C)=C/C(C)N(C)C. The van der Waals surface area contributed by atoms with Gasteiger partial charge in [0.1, 0.15) is 0 Å². The van der Waals surface area contributed by atoms with Gasteiger partial charge in [-0.3, -0.25) is 9.59 Å². The molecule has 0 spiro atoms. The fourth-order valence-electron chi connectivity index (χ4n) is 1.33. The van der Waals surface area contributed by atoms with E-state index in [4.69, 9.17) is 0 Å². The second kappa shape index (κ2) is 7.06. The molecule has 98 valence electrons. The predicted molar refractivity (Wildman–Crippen MR) is 64.4 cm³/mol. The van der Waals surface area contributed by atoms with Crippen LogP contribution in [0.15, 0.2) is 11.6 Å². The molecular weight excluding hydrogens is 222 g/mol. The summed E-state index contributed by atoms with van der Waals surface area (Å²) in [5.41, 5.74) is 0.630. The number of hydrogen-bond donors (Lipinski definition) is 0. The van der Waals surface area contributed by atoms with Crippen LogP contribution in [-0.2, 0) is 19.1 Å². The van der Waals surface area contributed by atoms with Gasteiger partial charge in [0.2, 0.25) is 0 Å². The quantitative estimate of drug-likeness (QED) is 0.407. The first-order valence-corrected chi connectivity index (χ1v) is 5.35. The van der Waals surface area contributed by atoms with E-state index >= 15 is 0 Å². The van der Waals surface area contributed by atoms with E-state index in [0.29, 0.717) is 5.57 Å². The molecule has 5 nitrogen and oxygen atoms in total. The molecule has 5 heteroatoms. The zero-order valence-corrected chi connectivity index (χ0v) is 11.3. The van der Waals surface area contributed by atoms with Crippen LogP contribution in [0, 0.1) is 5.92 Å². The van der Waals surface area contributed by atoms with Gasteiger partial charge in [-0.15, -0.1) is 0 Å². The van der Waals surface area contributed by atoms with E-state index < -0.39 is 17.9 Å². The van der Waals surface area contributed by atoms with Crippen LogP contribution in [0.2, 0.25) is 0 Å². The van der Waals surface area contributed by atoms with E-state index in [0.717, 1.165) is 0 Å². The van der Waals surface area contributed by atoms with E-state index in [1.807, 2.05) is 32.0 Å². The normalized spacial score (nSPS) is 13.8. The van der Waals surface area contributed by atoms with Crippen molar-refractivity contribution in [3.05, 3.63) is 11.6 Å². The molecule has 0 aromatic rings. The van der Waals surface area contributed by atoms with Gasteiger partial charge in [0, 0.05) is 6.04 Å². The van der Waals surface area contributed by atoms with Crippen molar-refractivity contribution in [2.75, 3.05) is 28.3 Å². The van der Waals surface area contributed by atoms with Gasteiger partial charge in [0.15, 0.2) is 5.92 Å². The molecule has 0 bridgehead atoms. The van der Waals surface area contributed by atoms with Crippen molar-refractivity contribution in [2.45, 2.75) is 19.9 Å². The van der Waals surface area contributed by atoms with E-state index in [9.17, 15) is 9.59 Å². The highest BCUT2D eigenvalue weighted by atomic mass is 16.5. The van der Waals surface area contributed by atoms with Crippen molar-refractivity contribution < 1.29 is 19.1 Å². The summed E-state index contributed by atoms with van der Waals surface area (Å²) in [6.45, 7) is 3.69. The van der Waals surface area contributed by atoms with Gasteiger partial charge in [-0.1, -0.05) is 11.6 Å². The van der Waals surface area contributed by atoms with Crippen LogP contribution < -0.4 is 0 Å². The van der Waals surface area contributed by atoms with Crippen molar-refractivity contribution >= 4 is 11.9 Å². The average molecular weight is 243 g/mol. The Morgan fingerprint density at radius 2 is 1.53 bits per heavy atom. The molecule has 0 rings (SSSR count). The first kappa shape index (κ1) is 15.6. The average Bonchev–Trinajstić information content (AvgIpc) is 2.28. The van der Waals surface area contributed by atoms with Crippen molar-refractivity contribution in [1.29, 1.82) is 0 Å². The molecule has 1 unspecified atom stereocenters. The molecule has 0 fully saturated rings. The molecular formula is C12H21NO4. The third-order valence-electron chi connectivity index (χ3n) is 2.65. The topological polar surface area (TPSA) is 55.8 Å². The Kier molecular flexibility index (Phi) is 6.50. The Balaban J connectivity index is 5.05. The number of methoxy groups -OCH3 is 2. The van der Waals surface area contributed by atoms with E-state index in [-0.39, 0.29) is 6.04 Å². The lowest BCUT2D eigenvalue weighted by molar-refractivity contribution is -0.156. The lowest BCUT2D eigenvalue weighted by Crippen LogP contribution is -2.29. The number of carbonyl (C=O) groups excluding carboxylic acids is 2. The molecule has 0 radical (unpaired) electrons. The molecule has 0 aliphatic heterocycles. The maximum Gasteiger partial charge on any atom is 0.324 e. The number of nitrogens with zero attached hydrogens (tertiary/aromatic N) is 1. The zero-order valence-electron chi connectivity index (χ0n) is 11.3. The Morgan fingerprint density at radius 1 is 1.12 bits per heavy atom. The van der Waals surface area contributed by atoms with Gasteiger partial charge in [0.05, 0.1) is 14.2 Å². The lowest BCUT2D eigenvalue weighted by Gasteiger charge is -2.19. The number of carbonyl (C=O) groups is 2. The van der Waals surface area contributed by atoms with Gasteiger partial charge in [0.25, 0.3) is 0 Å². The molecule has 0 aliphatic rings. The van der Waals surface area contributed by atoms with Crippen LogP contribution in [0.5, 0.6) is 0 Å². The highest BCUT2D eigenvalue weighted by molar-refractivity contribution is 5.97. The first-order chi connectivity index (χ1) is 7.84. The summed E-state index contributed by atoms with van der Waals surface area (Å²) >= 11 is 0. The summed E-state index contributed by atoms with van der Waals surface area (Å²) in [5.74, 6) is -2.18. The van der Waals surface area contributed by atoms with Gasteiger partial charge < -0.3 is 14.4 Å². The largest absolute Gasteiger partial charge is 0.468 e. The minimum atomic E-state index is -0.979. The fraction of sp³-hybridized carbons (Fsp3) is 0.667. The molecule has 0 aromatic carbocycles. The predicted octanol–water partition coefficient (Wildman–Crippen LogP) is 0.845. The fourth-order valence-corrected chi connectivity index (χ4v) is 1.33. The van der Waals surface area contributed by atoms with Gasteiger partial charge in [-0.2, -0.15) is 0 Å². The minimum Gasteiger partial charge on any atom is -0.468 e. The molecule has 0 heterocycles. The van der Waals surface area contributed by atoms with Crippen LogP contribution in [0.1, 0.15) is 13.8 Å². The molecule has 1 atom stereocenters. The number of rotatable bonds is 5. The third-order valence-corrected chi connectivity index (χ3v) is 2.65. The highest BCUT2D eigenvalue weighted by Crippen LogP contribution is 2.16. The second-order valence-corrected chi connectivity index (χ2v) is 4.09. The molecule has 17 heavy (non-hydrogen) atoms. The minimum absolute atomic E-state index is 0.117. The van der Waals surface area contributed by atoms with Crippen molar-refractivity contribution in [3.8, 4) is 0 Å². The monoisotopic (exact) mass is 243 g/mol. The van der Waals surface area contributed by atoms with E-state index in [1.165, 1.54) is 14.2 Å². The summed E-state index contributed by atoms with van der Waals surface area (Å²) in [7, 11) is 6.33. The van der Waals surface area contributed by atoms with Crippen LogP contribution in [0.25, 0.3) is 0 Å². The second-order valence-electron chi connectivity index (χ2n) is 4.09. The highest BCUT2D eigenvalue weighted by Gasteiger charge is 2.30. The van der Waals surface area contributed by atoms with Crippen LogP contribution in [-0.4, -0.2) is 51.2 Å². The van der Waals surface area contributed by atoms with Gasteiger partial charge in [-0.25, -0.2) is 0 Å². The molecule has 0 saturated heterocycles. The Bertz CT molecular complexity index is 294. The Morgan fingerprint density at radius 3 is 1.82 bits per heavy atom. The molecule has 0 amide bonds. The molecule has 0 aromatic heterocycles. The van der Waals surface area contributed by atoms with Gasteiger partial charge in [-0.05, 0) is 27.9 Å². The van der Waals surface area contributed by atoms with Crippen molar-refractivity contribution in [1.82, 2.24) is 4.90 Å². The van der Waals surface area contributed by atoms with Crippen LogP contribution >= 0.6 is 0 Å². The first-order valence-electron chi connectivity index (χ1n) is 5.35. The van der Waals surface area contributed by atoms with Crippen molar-refractivity contribution in [3.63, 3.8) is 0 Å². The van der Waals surface area contributed by atoms with E-state index in [1.54, 1.807) is 6.92 Å². The zero-order chi connectivity index (χ0) is 13.6. The molecule has 0 aliphatic carbocycles. The maximum absolute atomic E-state index is 11.5. The summed E-state index contributed by atoms with van der Waals surface area (Å²) in [5, 5.41) is 0. The Labute approximate surface area is 102 Å². The van der Waals surface area contributed by atoms with Crippen molar-refractivity contribution in [2.24, 2.45) is 5.92 Å². The summed E-state index contributed by atoms with van der Waals surface area (Å²) in [4.78, 5) is 25.0. The Hall–Kier alpha value is -1.36. The number of hydrogen-bond acceptors (Lipinski definition) is 5.